The first-order valence-electron chi connectivity index (χ1n) is 4.40. The van der Waals surface area contributed by atoms with E-state index in [1.165, 1.54) is 7.11 Å². The third-order valence-electron chi connectivity index (χ3n) is 2.21. The summed E-state index contributed by atoms with van der Waals surface area (Å²) in [7, 11) is 1.37. The van der Waals surface area contributed by atoms with Crippen molar-refractivity contribution in [2.24, 2.45) is 0 Å². The largest absolute Gasteiger partial charge is 0.465 e. The molecule has 0 bridgehead atoms. The molecule has 0 fully saturated rings. The average molecular weight is 241 g/mol. The highest BCUT2D eigenvalue weighted by Gasteiger charge is 2.10. The lowest BCUT2D eigenvalue weighted by atomic mass is 10.1. The Kier molecular flexibility index (Phi) is 2.67. The van der Waals surface area contributed by atoms with E-state index in [0.717, 1.165) is 20.0 Å². The van der Waals surface area contributed by atoms with Crippen LogP contribution in [0, 0.1) is 6.92 Å². The molecule has 15 heavy (non-hydrogen) atoms. The van der Waals surface area contributed by atoms with E-state index in [-0.39, 0.29) is 5.97 Å². The number of thiophene rings is 1. The van der Waals surface area contributed by atoms with Gasteiger partial charge >= 0.3 is 5.97 Å². The van der Waals surface area contributed by atoms with Crippen LogP contribution >= 0.6 is 22.9 Å². The molecule has 0 amide bonds. The first-order chi connectivity index (χ1) is 7.13. The van der Waals surface area contributed by atoms with Gasteiger partial charge in [0.25, 0.3) is 0 Å². The molecule has 2 rings (SSSR count). The van der Waals surface area contributed by atoms with Gasteiger partial charge in [-0.15, -0.1) is 11.3 Å². The topological polar surface area (TPSA) is 26.3 Å². The van der Waals surface area contributed by atoms with Gasteiger partial charge in [-0.05, 0) is 25.1 Å². The summed E-state index contributed by atoms with van der Waals surface area (Å²) in [4.78, 5) is 12.4. The number of benzene rings is 1. The van der Waals surface area contributed by atoms with Crippen molar-refractivity contribution in [1.29, 1.82) is 0 Å². The first kappa shape index (κ1) is 10.5. The molecule has 1 aromatic carbocycles. The molecule has 1 heterocycles. The molecule has 0 aliphatic carbocycles. The van der Waals surface area contributed by atoms with E-state index in [2.05, 4.69) is 4.74 Å². The Hall–Kier alpha value is -1.06. The Morgan fingerprint density at radius 2 is 2.20 bits per heavy atom. The highest BCUT2D eigenvalue weighted by molar-refractivity contribution is 7.19. The molecule has 2 aromatic rings. The first-order valence-corrected chi connectivity index (χ1v) is 5.60. The number of carbonyl (C=O) groups excluding carboxylic acids is 1. The summed E-state index contributed by atoms with van der Waals surface area (Å²) in [5.41, 5.74) is 0.532. The molecule has 0 aliphatic rings. The second-order valence-electron chi connectivity index (χ2n) is 3.17. The summed E-state index contributed by atoms with van der Waals surface area (Å²) in [6.45, 7) is 1.96. The predicted molar refractivity (Wildman–Crippen MR) is 62.9 cm³/mol. The number of rotatable bonds is 1. The molecule has 0 unspecified atom stereocenters. The molecule has 1 aromatic heterocycles. The third-order valence-corrected chi connectivity index (χ3v) is 3.89. The smallest absolute Gasteiger partial charge is 0.337 e. The molecule has 78 valence electrons. The van der Waals surface area contributed by atoms with Gasteiger partial charge in [0.15, 0.2) is 0 Å². The standard InChI is InChI=1S/C11H9ClO2S/c1-6-10(12)8-5-7(11(13)14-2)3-4-9(8)15-6/h3-5H,1-2H3. The molecule has 0 N–H and O–H groups in total. The van der Waals surface area contributed by atoms with Crippen molar-refractivity contribution in [2.75, 3.05) is 7.11 Å². The van der Waals surface area contributed by atoms with E-state index >= 15 is 0 Å². The van der Waals surface area contributed by atoms with E-state index in [0.29, 0.717) is 5.56 Å². The molecule has 0 radical (unpaired) electrons. The van der Waals surface area contributed by atoms with Crippen LogP contribution < -0.4 is 0 Å². The Morgan fingerprint density at radius 1 is 1.47 bits per heavy atom. The van der Waals surface area contributed by atoms with E-state index in [1.807, 2.05) is 13.0 Å². The molecule has 0 spiro atoms. The van der Waals surface area contributed by atoms with Gasteiger partial charge in [-0.1, -0.05) is 11.6 Å². The maximum Gasteiger partial charge on any atom is 0.337 e. The summed E-state index contributed by atoms with van der Waals surface area (Å²) in [5, 5.41) is 1.64. The van der Waals surface area contributed by atoms with Crippen molar-refractivity contribution < 1.29 is 9.53 Å². The van der Waals surface area contributed by atoms with Crippen LogP contribution in [0.2, 0.25) is 5.02 Å². The van der Waals surface area contributed by atoms with Crippen molar-refractivity contribution in [3.8, 4) is 0 Å². The Balaban J connectivity index is 2.64. The number of halogens is 1. The number of esters is 1. The zero-order chi connectivity index (χ0) is 11.0. The number of methoxy groups -OCH3 is 1. The van der Waals surface area contributed by atoms with Crippen LogP contribution in [0.15, 0.2) is 18.2 Å². The van der Waals surface area contributed by atoms with Crippen LogP contribution in [-0.4, -0.2) is 13.1 Å². The molecule has 0 atom stereocenters. The lowest BCUT2D eigenvalue weighted by Crippen LogP contribution is -1.99. The summed E-state index contributed by atoms with van der Waals surface area (Å²) >= 11 is 7.74. The van der Waals surface area contributed by atoms with Crippen LogP contribution in [-0.2, 0) is 4.74 Å². The fraction of sp³-hybridized carbons (Fsp3) is 0.182. The normalized spacial score (nSPS) is 10.6. The highest BCUT2D eigenvalue weighted by atomic mass is 35.5. The Bertz CT molecular complexity index is 531. The van der Waals surface area contributed by atoms with E-state index < -0.39 is 0 Å². The van der Waals surface area contributed by atoms with Crippen LogP contribution in [0.5, 0.6) is 0 Å². The van der Waals surface area contributed by atoms with E-state index in [9.17, 15) is 4.79 Å². The fourth-order valence-corrected chi connectivity index (χ4v) is 2.70. The lowest BCUT2D eigenvalue weighted by molar-refractivity contribution is 0.0601. The second kappa shape index (κ2) is 3.83. The SMILES string of the molecule is COC(=O)c1ccc2sc(C)c(Cl)c2c1. The van der Waals surface area contributed by atoms with Gasteiger partial charge < -0.3 is 4.74 Å². The molecule has 2 nitrogen and oxygen atoms in total. The van der Waals surface area contributed by atoms with E-state index in [1.54, 1.807) is 23.5 Å². The average Bonchev–Trinajstić information content (AvgIpc) is 2.54. The highest BCUT2D eigenvalue weighted by Crippen LogP contribution is 2.35. The van der Waals surface area contributed by atoms with Gasteiger partial charge in [-0.3, -0.25) is 0 Å². The molecule has 0 aliphatic heterocycles. The number of hydrogen-bond acceptors (Lipinski definition) is 3. The second-order valence-corrected chi connectivity index (χ2v) is 4.81. The Labute approximate surface area is 96.4 Å². The van der Waals surface area contributed by atoms with Crippen molar-refractivity contribution in [3.05, 3.63) is 33.7 Å². The molecule has 0 saturated heterocycles. The quantitative estimate of drug-likeness (QED) is 0.712. The third kappa shape index (κ3) is 1.73. The number of ether oxygens (including phenoxy) is 1. The van der Waals surface area contributed by atoms with Gasteiger partial charge in [0, 0.05) is 15.0 Å². The molecule has 4 heteroatoms. The number of aryl methyl sites for hydroxylation is 1. The zero-order valence-electron chi connectivity index (χ0n) is 8.33. The van der Waals surface area contributed by atoms with Crippen molar-refractivity contribution in [3.63, 3.8) is 0 Å². The van der Waals surface area contributed by atoms with Gasteiger partial charge in [-0.25, -0.2) is 4.79 Å². The van der Waals surface area contributed by atoms with Crippen molar-refractivity contribution >= 4 is 39.0 Å². The van der Waals surface area contributed by atoms with Gasteiger partial charge in [0.1, 0.15) is 0 Å². The summed E-state index contributed by atoms with van der Waals surface area (Å²) in [5.74, 6) is -0.336. The minimum absolute atomic E-state index is 0.336. The zero-order valence-corrected chi connectivity index (χ0v) is 9.91. The molecule has 0 saturated carbocycles. The number of carbonyl (C=O) groups is 1. The van der Waals surface area contributed by atoms with Crippen LogP contribution in [0.3, 0.4) is 0 Å². The predicted octanol–water partition coefficient (Wildman–Crippen LogP) is 3.65. The van der Waals surface area contributed by atoms with E-state index in [4.69, 9.17) is 11.6 Å². The lowest BCUT2D eigenvalue weighted by Gasteiger charge is -1.98. The maximum atomic E-state index is 11.3. The van der Waals surface area contributed by atoms with Crippen molar-refractivity contribution in [2.45, 2.75) is 6.92 Å². The van der Waals surface area contributed by atoms with Crippen LogP contribution in [0.1, 0.15) is 15.2 Å². The van der Waals surface area contributed by atoms with Gasteiger partial charge in [0.05, 0.1) is 17.7 Å². The fourth-order valence-electron chi connectivity index (χ4n) is 1.43. The monoisotopic (exact) mass is 240 g/mol. The number of hydrogen-bond donors (Lipinski definition) is 0. The number of fused-ring (bicyclic) bond motifs is 1. The summed E-state index contributed by atoms with van der Waals surface area (Å²) in [6, 6.07) is 5.42. The maximum absolute atomic E-state index is 11.3. The summed E-state index contributed by atoms with van der Waals surface area (Å²) in [6.07, 6.45) is 0. The minimum atomic E-state index is -0.336. The van der Waals surface area contributed by atoms with Gasteiger partial charge in [-0.2, -0.15) is 0 Å². The van der Waals surface area contributed by atoms with Crippen LogP contribution in [0.25, 0.3) is 10.1 Å². The molecular formula is C11H9ClO2S. The van der Waals surface area contributed by atoms with Crippen LogP contribution in [0.4, 0.5) is 0 Å². The molecular weight excluding hydrogens is 232 g/mol. The summed E-state index contributed by atoms with van der Waals surface area (Å²) < 4.78 is 5.74. The van der Waals surface area contributed by atoms with Gasteiger partial charge in [0.2, 0.25) is 0 Å². The minimum Gasteiger partial charge on any atom is -0.465 e. The Morgan fingerprint density at radius 3 is 2.87 bits per heavy atom. The van der Waals surface area contributed by atoms with Crippen molar-refractivity contribution in [1.82, 2.24) is 0 Å².